The third-order valence-corrected chi connectivity index (χ3v) is 3.67. The smallest absolute Gasteiger partial charge is 0.130 e. The van der Waals surface area contributed by atoms with Gasteiger partial charge in [-0.25, -0.2) is 4.39 Å². The maximum absolute atomic E-state index is 13.8. The van der Waals surface area contributed by atoms with Crippen LogP contribution in [0.3, 0.4) is 0 Å². The molecule has 0 aliphatic rings. The molecule has 0 bridgehead atoms. The molecule has 0 aliphatic heterocycles. The number of nitrogens with two attached hydrogens (primary N) is 1. The van der Waals surface area contributed by atoms with E-state index in [4.69, 9.17) is 5.73 Å². The van der Waals surface area contributed by atoms with Crippen LogP contribution in [0.4, 0.5) is 10.1 Å². The van der Waals surface area contributed by atoms with Gasteiger partial charge in [0.15, 0.2) is 0 Å². The Morgan fingerprint density at radius 1 is 1.47 bits per heavy atom. The number of rotatable bonds is 3. The molecular weight excluding hydrogens is 277 g/mol. The van der Waals surface area contributed by atoms with Crippen LogP contribution in [0.2, 0.25) is 0 Å². The number of hydrogen-bond acceptors (Lipinski definition) is 2. The van der Waals surface area contributed by atoms with E-state index in [9.17, 15) is 4.39 Å². The summed E-state index contributed by atoms with van der Waals surface area (Å²) in [4.78, 5) is 0.938. The van der Waals surface area contributed by atoms with Gasteiger partial charge in [0.1, 0.15) is 5.67 Å². The highest BCUT2D eigenvalue weighted by Gasteiger charge is 2.21. The van der Waals surface area contributed by atoms with Gasteiger partial charge in [0.2, 0.25) is 0 Å². The monoisotopic (exact) mass is 291 g/mol. The second-order valence-corrected chi connectivity index (χ2v) is 5.94. The van der Waals surface area contributed by atoms with Crippen LogP contribution in [0.25, 0.3) is 0 Å². The van der Waals surface area contributed by atoms with Crippen molar-refractivity contribution in [1.82, 2.24) is 0 Å². The van der Waals surface area contributed by atoms with Crippen LogP contribution in [-0.4, -0.2) is 5.75 Å². The van der Waals surface area contributed by atoms with E-state index in [1.54, 1.807) is 31.7 Å². The van der Waals surface area contributed by atoms with E-state index < -0.39 is 5.67 Å². The van der Waals surface area contributed by atoms with E-state index in [1.165, 1.54) is 0 Å². The Balaban J connectivity index is 3.23. The zero-order valence-corrected chi connectivity index (χ0v) is 11.5. The van der Waals surface area contributed by atoms with Crippen LogP contribution in [0.5, 0.6) is 0 Å². The lowest BCUT2D eigenvalue weighted by Gasteiger charge is -2.17. The van der Waals surface area contributed by atoms with Crippen LogP contribution in [-0.2, 0) is 5.67 Å². The van der Waals surface area contributed by atoms with Crippen LogP contribution in [0, 0.1) is 0 Å². The fraction of sp³-hybridized carbons (Fsp3) is 0.455. The Morgan fingerprint density at radius 2 is 2.07 bits per heavy atom. The van der Waals surface area contributed by atoms with Gasteiger partial charge < -0.3 is 5.73 Å². The molecule has 0 unspecified atom stereocenters. The van der Waals surface area contributed by atoms with Crippen molar-refractivity contribution < 1.29 is 4.39 Å². The predicted octanol–water partition coefficient (Wildman–Crippen LogP) is 4.35. The number of thioether (sulfide) groups is 1. The van der Waals surface area contributed by atoms with Crippen molar-refractivity contribution in [3.8, 4) is 0 Å². The van der Waals surface area contributed by atoms with Crippen molar-refractivity contribution in [2.24, 2.45) is 0 Å². The number of hydrogen-bond donors (Lipinski definition) is 1. The van der Waals surface area contributed by atoms with Gasteiger partial charge in [0, 0.05) is 9.37 Å². The molecule has 1 rings (SSSR count). The highest BCUT2D eigenvalue weighted by Crippen LogP contribution is 2.37. The summed E-state index contributed by atoms with van der Waals surface area (Å²) in [6.45, 7) is 5.14. The molecule has 0 spiro atoms. The molecule has 1 aromatic carbocycles. The Bertz CT molecular complexity index is 360. The molecule has 0 amide bonds. The zero-order valence-electron chi connectivity index (χ0n) is 9.10. The zero-order chi connectivity index (χ0) is 11.6. The molecule has 0 saturated carbocycles. The first kappa shape index (κ1) is 12.8. The molecule has 0 heterocycles. The summed E-state index contributed by atoms with van der Waals surface area (Å²) in [5.74, 6) is 0.923. The lowest BCUT2D eigenvalue weighted by atomic mass is 10.0. The number of benzene rings is 1. The average molecular weight is 292 g/mol. The largest absolute Gasteiger partial charge is 0.397 e. The first-order valence-electron chi connectivity index (χ1n) is 4.77. The summed E-state index contributed by atoms with van der Waals surface area (Å²) < 4.78 is 14.5. The molecule has 1 aromatic rings. The second-order valence-electron chi connectivity index (χ2n) is 3.78. The summed E-state index contributed by atoms with van der Waals surface area (Å²) >= 11 is 4.98. The van der Waals surface area contributed by atoms with Crippen molar-refractivity contribution in [1.29, 1.82) is 0 Å². The number of alkyl halides is 1. The summed E-state index contributed by atoms with van der Waals surface area (Å²) in [7, 11) is 0. The molecule has 0 aromatic heterocycles. The SMILES string of the molecule is CCSc1cc(C(C)(C)F)cc(Br)c1N. The Labute approximate surface area is 103 Å². The van der Waals surface area contributed by atoms with Gasteiger partial charge in [-0.2, -0.15) is 0 Å². The topological polar surface area (TPSA) is 26.0 Å². The quantitative estimate of drug-likeness (QED) is 0.662. The van der Waals surface area contributed by atoms with Crippen molar-refractivity contribution in [3.05, 3.63) is 22.2 Å². The Hall–Kier alpha value is -0.220. The van der Waals surface area contributed by atoms with Gasteiger partial charge in [-0.3, -0.25) is 0 Å². The number of halogens is 2. The van der Waals surface area contributed by atoms with E-state index in [-0.39, 0.29) is 0 Å². The Morgan fingerprint density at radius 3 is 2.53 bits per heavy atom. The fourth-order valence-corrected chi connectivity index (χ4v) is 2.59. The van der Waals surface area contributed by atoms with E-state index in [2.05, 4.69) is 15.9 Å². The highest BCUT2D eigenvalue weighted by atomic mass is 79.9. The predicted molar refractivity (Wildman–Crippen MR) is 69.1 cm³/mol. The summed E-state index contributed by atoms with van der Waals surface area (Å²) in [6, 6.07) is 3.57. The standard InChI is InChI=1S/C11H15BrFNS/c1-4-15-9-6-7(11(2,3)13)5-8(12)10(9)14/h5-6H,4,14H2,1-3H3. The van der Waals surface area contributed by atoms with Crippen molar-refractivity contribution in [2.75, 3.05) is 11.5 Å². The normalized spacial score (nSPS) is 11.8. The molecule has 0 atom stereocenters. The molecule has 0 saturated heterocycles. The van der Waals surface area contributed by atoms with E-state index in [0.717, 1.165) is 15.1 Å². The number of nitrogen functional groups attached to an aromatic ring is 1. The minimum atomic E-state index is -1.33. The maximum atomic E-state index is 13.8. The van der Waals surface area contributed by atoms with E-state index in [0.29, 0.717) is 11.3 Å². The van der Waals surface area contributed by atoms with Gasteiger partial charge in [0.25, 0.3) is 0 Å². The molecule has 1 nitrogen and oxygen atoms in total. The molecule has 15 heavy (non-hydrogen) atoms. The van der Waals surface area contributed by atoms with E-state index >= 15 is 0 Å². The fourth-order valence-electron chi connectivity index (χ4n) is 1.21. The van der Waals surface area contributed by atoms with Crippen molar-refractivity contribution >= 4 is 33.4 Å². The second kappa shape index (κ2) is 4.74. The first-order chi connectivity index (χ1) is 6.86. The summed E-state index contributed by atoms with van der Waals surface area (Å²) in [5.41, 5.74) is 5.90. The van der Waals surface area contributed by atoms with Crippen LogP contribution < -0.4 is 5.73 Å². The first-order valence-corrected chi connectivity index (χ1v) is 6.55. The Kier molecular flexibility index (Phi) is 4.06. The van der Waals surface area contributed by atoms with Gasteiger partial charge in [0.05, 0.1) is 5.69 Å². The van der Waals surface area contributed by atoms with Gasteiger partial charge in [-0.1, -0.05) is 6.92 Å². The van der Waals surface area contributed by atoms with Crippen LogP contribution in [0.15, 0.2) is 21.5 Å². The molecule has 4 heteroatoms. The van der Waals surface area contributed by atoms with E-state index in [1.807, 2.05) is 13.0 Å². The van der Waals surface area contributed by atoms with Crippen LogP contribution in [0.1, 0.15) is 26.3 Å². The third kappa shape index (κ3) is 3.11. The molecule has 0 aliphatic carbocycles. The average Bonchev–Trinajstić information content (AvgIpc) is 2.11. The third-order valence-electron chi connectivity index (χ3n) is 2.08. The highest BCUT2D eigenvalue weighted by molar-refractivity contribution is 9.10. The summed E-state index contributed by atoms with van der Waals surface area (Å²) in [6.07, 6.45) is 0. The van der Waals surface area contributed by atoms with Crippen molar-refractivity contribution in [2.45, 2.75) is 31.3 Å². The number of anilines is 1. The summed E-state index contributed by atoms with van der Waals surface area (Å²) in [5, 5.41) is 0. The molecule has 0 fully saturated rings. The molecular formula is C11H15BrFNS. The lowest BCUT2D eigenvalue weighted by Crippen LogP contribution is -2.09. The van der Waals surface area contributed by atoms with Gasteiger partial charge in [-0.15, -0.1) is 11.8 Å². The molecule has 0 radical (unpaired) electrons. The minimum absolute atomic E-state index is 0.652. The maximum Gasteiger partial charge on any atom is 0.130 e. The minimum Gasteiger partial charge on any atom is -0.397 e. The molecule has 2 N–H and O–H groups in total. The lowest BCUT2D eigenvalue weighted by molar-refractivity contribution is 0.221. The van der Waals surface area contributed by atoms with Gasteiger partial charge in [-0.05, 0) is 53.2 Å². The molecule has 84 valence electrons. The van der Waals surface area contributed by atoms with Crippen molar-refractivity contribution in [3.63, 3.8) is 0 Å². The van der Waals surface area contributed by atoms with Gasteiger partial charge >= 0.3 is 0 Å². The van der Waals surface area contributed by atoms with Crippen LogP contribution >= 0.6 is 27.7 Å².